The average Bonchev–Trinajstić information content (AvgIpc) is 3.10. The van der Waals surface area contributed by atoms with E-state index in [1.54, 1.807) is 77.4 Å². The van der Waals surface area contributed by atoms with Crippen molar-refractivity contribution in [1.29, 1.82) is 0 Å². The topological polar surface area (TPSA) is 110 Å². The molecule has 2 atom stereocenters. The summed E-state index contributed by atoms with van der Waals surface area (Å²) in [5.74, 6) is 0.0843. The van der Waals surface area contributed by atoms with Gasteiger partial charge in [-0.2, -0.15) is 0 Å². The van der Waals surface area contributed by atoms with Gasteiger partial charge in [-0.05, 0) is 72.3 Å². The number of anilines is 3. The molecule has 0 radical (unpaired) electrons. The Bertz CT molecular complexity index is 2330. The normalized spacial score (nSPS) is 15.7. The number of aromatic nitrogens is 2. The number of nitrogens with one attached hydrogen (secondary N) is 1. The Labute approximate surface area is 303 Å². The Morgan fingerprint density at radius 1 is 0.857 bits per heavy atom. The Morgan fingerprint density at radius 3 is 2.27 bits per heavy atom. The number of rotatable bonds is 8. The monoisotopic (exact) mass is 773 g/mol. The van der Waals surface area contributed by atoms with Crippen molar-refractivity contribution in [1.82, 2.24) is 9.55 Å². The average molecular weight is 776 g/mol. The first-order chi connectivity index (χ1) is 23.6. The SMILES string of the molecule is O=C1C(Cl)C(c2ccccc2[N+](=O)[O-])N1c1ccc(-n2c(Cc3ccccc3Nc3c(Cl)cccc3Cl)nc3ccc(Br)cc3c2=O)cc1. The zero-order valence-corrected chi connectivity index (χ0v) is 29.0. The van der Waals surface area contributed by atoms with Crippen molar-refractivity contribution in [2.24, 2.45) is 0 Å². The van der Waals surface area contributed by atoms with Gasteiger partial charge in [0, 0.05) is 28.3 Å². The van der Waals surface area contributed by atoms with E-state index in [4.69, 9.17) is 39.8 Å². The van der Waals surface area contributed by atoms with Crippen LogP contribution in [0.3, 0.4) is 0 Å². The number of alkyl halides is 1. The van der Waals surface area contributed by atoms with Gasteiger partial charge in [-0.25, -0.2) is 4.98 Å². The molecule has 6 aromatic rings. The van der Waals surface area contributed by atoms with Crippen molar-refractivity contribution < 1.29 is 9.72 Å². The minimum atomic E-state index is -0.965. The fourth-order valence-corrected chi connectivity index (χ4v) is 7.22. The van der Waals surface area contributed by atoms with Gasteiger partial charge in [0.2, 0.25) is 5.91 Å². The number of halogens is 4. The highest BCUT2D eigenvalue weighted by Crippen LogP contribution is 2.45. The molecule has 13 heteroatoms. The molecule has 0 bridgehead atoms. The van der Waals surface area contributed by atoms with Crippen LogP contribution in [0.4, 0.5) is 22.7 Å². The quantitative estimate of drug-likeness (QED) is 0.0714. The fourth-order valence-electron chi connectivity index (χ4n) is 6.01. The number of nitro groups is 1. The van der Waals surface area contributed by atoms with Crippen molar-refractivity contribution in [3.63, 3.8) is 0 Å². The molecule has 0 saturated carbocycles. The third-order valence-corrected chi connectivity index (χ3v) is 9.90. The van der Waals surface area contributed by atoms with Gasteiger partial charge in [0.15, 0.2) is 0 Å². The molecule has 0 spiro atoms. The van der Waals surface area contributed by atoms with E-state index in [2.05, 4.69) is 21.2 Å². The van der Waals surface area contributed by atoms with E-state index >= 15 is 0 Å². The van der Waals surface area contributed by atoms with Gasteiger partial charge < -0.3 is 10.2 Å². The van der Waals surface area contributed by atoms with E-state index in [1.165, 1.54) is 11.0 Å². The predicted octanol–water partition coefficient (Wildman–Crippen LogP) is 9.39. The number of β-lactam (4-membered cyclic amide) rings is 1. The summed E-state index contributed by atoms with van der Waals surface area (Å²) in [6, 6.07) is 30.5. The third kappa shape index (κ3) is 6.06. The van der Waals surface area contributed by atoms with Crippen LogP contribution in [0.15, 0.2) is 118 Å². The van der Waals surface area contributed by atoms with E-state index in [1.807, 2.05) is 30.3 Å². The van der Waals surface area contributed by atoms with Crippen LogP contribution in [0.1, 0.15) is 23.0 Å². The Kier molecular flexibility index (Phi) is 8.89. The van der Waals surface area contributed by atoms with Crippen LogP contribution >= 0.6 is 50.7 Å². The van der Waals surface area contributed by atoms with Crippen LogP contribution in [0.25, 0.3) is 16.6 Å². The second-order valence-electron chi connectivity index (χ2n) is 11.3. The molecule has 1 fully saturated rings. The number of hydrogen-bond donors (Lipinski definition) is 1. The van der Waals surface area contributed by atoms with Crippen molar-refractivity contribution in [2.75, 3.05) is 10.2 Å². The van der Waals surface area contributed by atoms with Gasteiger partial charge in [0.25, 0.3) is 11.2 Å². The second kappa shape index (κ2) is 13.3. The van der Waals surface area contributed by atoms with E-state index < -0.39 is 16.3 Å². The number of hydrogen-bond acceptors (Lipinski definition) is 6. The van der Waals surface area contributed by atoms with Crippen molar-refractivity contribution in [2.45, 2.75) is 17.8 Å². The Balaban J connectivity index is 1.30. The standard InChI is InChI=1S/C36H23BrCl3N5O4/c37-21-12-17-29-25(19-21)35(46)43(31(41-29)18-20-6-1-3-10-28(20)42-33-26(38)8-5-9-27(33)39)22-13-15-23(16-14-22)44-34(32(40)36(44)47)24-7-2-4-11-30(24)45(48)49/h1-17,19,32,34,42H,18H2. The number of nitro benzene ring substituents is 1. The lowest BCUT2D eigenvalue weighted by Crippen LogP contribution is -2.56. The number of carbonyl (C=O) groups excluding carboxylic acids is 1. The van der Waals surface area contributed by atoms with Crippen LogP contribution in [0.2, 0.25) is 10.0 Å². The van der Waals surface area contributed by atoms with Crippen LogP contribution in [0, 0.1) is 10.1 Å². The molecule has 49 heavy (non-hydrogen) atoms. The molecule has 1 saturated heterocycles. The molecule has 1 aromatic heterocycles. The maximum atomic E-state index is 14.2. The minimum absolute atomic E-state index is 0.122. The predicted molar refractivity (Wildman–Crippen MR) is 197 cm³/mol. The largest absolute Gasteiger partial charge is 0.353 e. The summed E-state index contributed by atoms with van der Waals surface area (Å²) >= 11 is 22.8. The lowest BCUT2D eigenvalue weighted by Gasteiger charge is -2.44. The van der Waals surface area contributed by atoms with Crippen molar-refractivity contribution in [3.05, 3.63) is 161 Å². The highest BCUT2D eigenvalue weighted by molar-refractivity contribution is 9.10. The van der Waals surface area contributed by atoms with Gasteiger partial charge in [0.1, 0.15) is 11.2 Å². The second-order valence-corrected chi connectivity index (χ2v) is 13.5. The van der Waals surface area contributed by atoms with Crippen LogP contribution < -0.4 is 15.8 Å². The van der Waals surface area contributed by atoms with E-state index in [0.29, 0.717) is 49.4 Å². The molecule has 9 nitrogen and oxygen atoms in total. The van der Waals surface area contributed by atoms with Crippen LogP contribution in [-0.2, 0) is 11.2 Å². The molecule has 2 heterocycles. The molecule has 1 aliphatic heterocycles. The minimum Gasteiger partial charge on any atom is -0.353 e. The van der Waals surface area contributed by atoms with Crippen LogP contribution in [-0.4, -0.2) is 25.8 Å². The summed E-state index contributed by atoms with van der Waals surface area (Å²) in [4.78, 5) is 44.8. The smallest absolute Gasteiger partial charge is 0.274 e. The molecule has 244 valence electrons. The van der Waals surface area contributed by atoms with Gasteiger partial charge in [-0.3, -0.25) is 24.3 Å². The third-order valence-electron chi connectivity index (χ3n) is 8.35. The van der Waals surface area contributed by atoms with E-state index in [0.717, 1.165) is 15.7 Å². The van der Waals surface area contributed by atoms with E-state index in [9.17, 15) is 19.7 Å². The molecule has 1 amide bonds. The van der Waals surface area contributed by atoms with E-state index in [-0.39, 0.29) is 23.6 Å². The Morgan fingerprint density at radius 2 is 1.53 bits per heavy atom. The summed E-state index contributed by atoms with van der Waals surface area (Å²) in [5, 5.41) is 15.5. The lowest BCUT2D eigenvalue weighted by atomic mass is 9.91. The number of nitrogens with zero attached hydrogens (tertiary/aromatic N) is 4. The summed E-state index contributed by atoms with van der Waals surface area (Å²) in [7, 11) is 0. The maximum Gasteiger partial charge on any atom is 0.274 e. The lowest BCUT2D eigenvalue weighted by molar-refractivity contribution is -0.385. The molecular formula is C36H23BrCl3N5O4. The summed E-state index contributed by atoms with van der Waals surface area (Å²) in [6.45, 7) is 0. The highest BCUT2D eigenvalue weighted by Gasteiger charge is 2.50. The molecule has 1 N–H and O–H groups in total. The van der Waals surface area contributed by atoms with Crippen molar-refractivity contribution >= 4 is 90.3 Å². The van der Waals surface area contributed by atoms with Crippen molar-refractivity contribution in [3.8, 4) is 5.69 Å². The number of amides is 1. The van der Waals surface area contributed by atoms with Gasteiger partial charge in [-0.15, -0.1) is 11.6 Å². The zero-order valence-electron chi connectivity index (χ0n) is 25.2. The van der Waals surface area contributed by atoms with Crippen LogP contribution in [0.5, 0.6) is 0 Å². The van der Waals surface area contributed by atoms with Gasteiger partial charge >= 0.3 is 0 Å². The van der Waals surface area contributed by atoms with Gasteiger partial charge in [0.05, 0.1) is 48.9 Å². The number of fused-ring (bicyclic) bond motifs is 1. The first-order valence-corrected chi connectivity index (χ1v) is 16.9. The molecule has 7 rings (SSSR count). The Hall–Kier alpha value is -4.74. The first kappa shape index (κ1) is 32.8. The first-order valence-electron chi connectivity index (χ1n) is 14.9. The fraction of sp³-hybridized carbons (Fsp3) is 0.0833. The molecule has 1 aliphatic rings. The van der Waals surface area contributed by atoms with Gasteiger partial charge in [-0.1, -0.05) is 75.5 Å². The summed E-state index contributed by atoms with van der Waals surface area (Å²) < 4.78 is 2.27. The summed E-state index contributed by atoms with van der Waals surface area (Å²) in [6.07, 6.45) is 0.256. The summed E-state index contributed by atoms with van der Waals surface area (Å²) in [5.41, 5.74) is 3.57. The number of para-hydroxylation sites is 3. The molecule has 0 aliphatic carbocycles. The zero-order chi connectivity index (χ0) is 34.4. The maximum absolute atomic E-state index is 14.2. The molecular weight excluding hydrogens is 753 g/mol. The number of carbonyl (C=O) groups is 1. The molecule has 5 aromatic carbocycles. The molecule has 2 unspecified atom stereocenters. The highest BCUT2D eigenvalue weighted by atomic mass is 79.9. The number of benzene rings is 5.